The van der Waals surface area contributed by atoms with E-state index in [0.717, 1.165) is 20.9 Å². The molecule has 2 aromatic heterocycles. The molecule has 11 heteroatoms. The number of nitrogens with zero attached hydrogens (tertiary/aromatic N) is 6. The third-order valence-electron chi connectivity index (χ3n) is 6.02. The number of aromatic nitrogens is 4. The van der Waals surface area contributed by atoms with E-state index in [1.165, 1.54) is 30.0 Å². The number of hydrazone groups is 1. The molecule has 0 bridgehead atoms. The van der Waals surface area contributed by atoms with Gasteiger partial charge in [-0.25, -0.2) is 10.2 Å². The SMILES string of the molecule is Cn1c(=O)c2c(nc(NN=Cc3cccc([N+](=O)[O-])c3)n2Cc2cccc3ccccc23)n(C)c1=O. The van der Waals surface area contributed by atoms with Crippen LogP contribution in [0.3, 0.4) is 0 Å². The van der Waals surface area contributed by atoms with E-state index in [0.29, 0.717) is 12.1 Å². The molecule has 11 nitrogen and oxygen atoms in total. The van der Waals surface area contributed by atoms with Gasteiger partial charge >= 0.3 is 5.69 Å². The number of non-ortho nitro benzene ring substituents is 1. The van der Waals surface area contributed by atoms with Crippen molar-refractivity contribution in [1.29, 1.82) is 0 Å². The summed E-state index contributed by atoms with van der Waals surface area (Å²) in [5.74, 6) is 0.248. The lowest BCUT2D eigenvalue weighted by Crippen LogP contribution is -2.37. The zero-order chi connectivity index (χ0) is 25.4. The Hall–Kier alpha value is -5.06. The fourth-order valence-corrected chi connectivity index (χ4v) is 4.17. The maximum absolute atomic E-state index is 13.1. The normalized spacial score (nSPS) is 11.5. The van der Waals surface area contributed by atoms with E-state index in [1.807, 2.05) is 42.5 Å². The monoisotopic (exact) mass is 483 g/mol. The third-order valence-corrected chi connectivity index (χ3v) is 6.02. The summed E-state index contributed by atoms with van der Waals surface area (Å²) in [5.41, 5.74) is 3.76. The fourth-order valence-electron chi connectivity index (χ4n) is 4.17. The van der Waals surface area contributed by atoms with Crippen LogP contribution >= 0.6 is 0 Å². The van der Waals surface area contributed by atoms with Crippen LogP contribution in [0.25, 0.3) is 21.9 Å². The molecule has 0 radical (unpaired) electrons. The van der Waals surface area contributed by atoms with Crippen LogP contribution in [0.5, 0.6) is 0 Å². The number of nitrogens with one attached hydrogen (secondary N) is 1. The van der Waals surface area contributed by atoms with Crippen LogP contribution in [0.4, 0.5) is 11.6 Å². The van der Waals surface area contributed by atoms with Crippen molar-refractivity contribution in [2.45, 2.75) is 6.54 Å². The average Bonchev–Trinajstić information content (AvgIpc) is 3.24. The molecule has 0 atom stereocenters. The smallest absolute Gasteiger partial charge is 0.298 e. The first kappa shape index (κ1) is 22.7. The molecule has 0 saturated carbocycles. The van der Waals surface area contributed by atoms with Crippen LogP contribution in [0.2, 0.25) is 0 Å². The number of rotatable bonds is 6. The van der Waals surface area contributed by atoms with Crippen molar-refractivity contribution in [3.05, 3.63) is 109 Å². The molecule has 5 rings (SSSR count). The predicted molar refractivity (Wildman–Crippen MR) is 138 cm³/mol. The number of benzene rings is 3. The van der Waals surface area contributed by atoms with E-state index >= 15 is 0 Å². The van der Waals surface area contributed by atoms with Gasteiger partial charge in [-0.05, 0) is 16.3 Å². The minimum atomic E-state index is -0.492. The summed E-state index contributed by atoms with van der Waals surface area (Å²) in [4.78, 5) is 40.7. The van der Waals surface area contributed by atoms with Crippen molar-refractivity contribution in [1.82, 2.24) is 18.7 Å². The van der Waals surface area contributed by atoms with E-state index in [1.54, 1.807) is 23.7 Å². The van der Waals surface area contributed by atoms with Gasteiger partial charge in [0.2, 0.25) is 5.95 Å². The molecule has 0 unspecified atom stereocenters. The molecule has 0 aliphatic heterocycles. The standard InChI is InChI=1S/C25H21N7O4/c1-29-22-21(23(33)30(2)25(29)34)31(15-18-10-6-9-17-8-3-4-12-20(17)18)24(27-22)28-26-14-16-7-5-11-19(13-16)32(35)36/h3-14H,15H2,1-2H3,(H,27,28). The molecule has 0 spiro atoms. The van der Waals surface area contributed by atoms with Crippen LogP contribution < -0.4 is 16.7 Å². The average molecular weight is 483 g/mol. The minimum absolute atomic E-state index is 0.0550. The fraction of sp³-hybridized carbons (Fsp3) is 0.120. The van der Waals surface area contributed by atoms with Crippen molar-refractivity contribution in [3.8, 4) is 0 Å². The van der Waals surface area contributed by atoms with Crippen molar-refractivity contribution in [2.75, 3.05) is 5.43 Å². The predicted octanol–water partition coefficient (Wildman–Crippen LogP) is 2.99. The van der Waals surface area contributed by atoms with E-state index in [4.69, 9.17) is 0 Å². The zero-order valence-corrected chi connectivity index (χ0v) is 19.5. The Morgan fingerprint density at radius 2 is 1.78 bits per heavy atom. The Kier molecular flexibility index (Phi) is 5.65. The van der Waals surface area contributed by atoms with Crippen LogP contribution in [0.1, 0.15) is 11.1 Å². The molecule has 1 N–H and O–H groups in total. The topological polar surface area (TPSA) is 129 Å². The van der Waals surface area contributed by atoms with E-state index < -0.39 is 16.2 Å². The van der Waals surface area contributed by atoms with Crippen molar-refractivity contribution >= 4 is 39.8 Å². The maximum atomic E-state index is 13.1. The first-order valence-corrected chi connectivity index (χ1v) is 11.0. The molecule has 0 saturated heterocycles. The van der Waals surface area contributed by atoms with Gasteiger partial charge in [0.1, 0.15) is 0 Å². The molecule has 2 heterocycles. The molecule has 0 aliphatic rings. The number of hydrogen-bond donors (Lipinski definition) is 1. The van der Waals surface area contributed by atoms with E-state index in [9.17, 15) is 19.7 Å². The van der Waals surface area contributed by atoms with Crippen molar-refractivity contribution in [2.24, 2.45) is 19.2 Å². The molecule has 5 aromatic rings. The highest BCUT2D eigenvalue weighted by molar-refractivity contribution is 5.86. The molecule has 0 amide bonds. The number of nitro groups is 1. The lowest BCUT2D eigenvalue weighted by atomic mass is 10.0. The van der Waals surface area contributed by atoms with Gasteiger partial charge in [0, 0.05) is 31.8 Å². The molecule has 3 aromatic carbocycles. The first-order valence-electron chi connectivity index (χ1n) is 11.0. The number of imidazole rings is 1. The zero-order valence-electron chi connectivity index (χ0n) is 19.5. The quantitative estimate of drug-likeness (QED) is 0.225. The van der Waals surface area contributed by atoms with Crippen molar-refractivity contribution in [3.63, 3.8) is 0 Å². The van der Waals surface area contributed by atoms with Crippen LogP contribution in [-0.4, -0.2) is 29.8 Å². The molecule has 0 aliphatic carbocycles. The largest absolute Gasteiger partial charge is 0.332 e. The summed E-state index contributed by atoms with van der Waals surface area (Å²) in [6, 6.07) is 19.9. The number of nitro benzene ring substituents is 1. The van der Waals surface area contributed by atoms with Gasteiger partial charge in [-0.2, -0.15) is 10.1 Å². The van der Waals surface area contributed by atoms with Gasteiger partial charge in [-0.3, -0.25) is 28.6 Å². The first-order chi connectivity index (χ1) is 17.3. The third kappa shape index (κ3) is 3.92. The molecule has 36 heavy (non-hydrogen) atoms. The minimum Gasteiger partial charge on any atom is -0.298 e. The Labute approximate surface area is 203 Å². The molecular formula is C25H21N7O4. The van der Waals surface area contributed by atoms with Gasteiger partial charge in [-0.15, -0.1) is 0 Å². The summed E-state index contributed by atoms with van der Waals surface area (Å²) >= 11 is 0. The van der Waals surface area contributed by atoms with Crippen LogP contribution in [0.15, 0.2) is 81.4 Å². The summed E-state index contributed by atoms with van der Waals surface area (Å²) in [7, 11) is 2.97. The van der Waals surface area contributed by atoms with E-state index in [2.05, 4.69) is 15.5 Å². The summed E-state index contributed by atoms with van der Waals surface area (Å²) in [6.45, 7) is 0.292. The van der Waals surface area contributed by atoms with Crippen molar-refractivity contribution < 1.29 is 4.92 Å². The van der Waals surface area contributed by atoms with Gasteiger partial charge < -0.3 is 0 Å². The van der Waals surface area contributed by atoms with Crippen LogP contribution in [-0.2, 0) is 20.6 Å². The highest BCUT2D eigenvalue weighted by atomic mass is 16.6. The lowest BCUT2D eigenvalue weighted by Gasteiger charge is -2.11. The number of aryl methyl sites for hydroxylation is 1. The number of anilines is 1. The highest BCUT2D eigenvalue weighted by Gasteiger charge is 2.20. The Morgan fingerprint density at radius 1 is 1.03 bits per heavy atom. The molecule has 0 fully saturated rings. The Morgan fingerprint density at radius 3 is 2.58 bits per heavy atom. The Balaban J connectivity index is 1.63. The van der Waals surface area contributed by atoms with Gasteiger partial charge in [-0.1, -0.05) is 54.6 Å². The second kappa shape index (κ2) is 8.95. The van der Waals surface area contributed by atoms with Crippen LogP contribution in [0, 0.1) is 10.1 Å². The second-order valence-corrected chi connectivity index (χ2v) is 8.26. The highest BCUT2D eigenvalue weighted by Crippen LogP contribution is 2.23. The maximum Gasteiger partial charge on any atom is 0.332 e. The Bertz CT molecular complexity index is 1790. The second-order valence-electron chi connectivity index (χ2n) is 8.26. The van der Waals surface area contributed by atoms with Gasteiger partial charge in [0.15, 0.2) is 11.2 Å². The lowest BCUT2D eigenvalue weighted by molar-refractivity contribution is -0.384. The summed E-state index contributed by atoms with van der Waals surface area (Å²) in [5, 5.41) is 17.3. The molecular weight excluding hydrogens is 462 g/mol. The number of fused-ring (bicyclic) bond motifs is 2. The van der Waals surface area contributed by atoms with E-state index in [-0.39, 0.29) is 22.8 Å². The number of hydrogen-bond acceptors (Lipinski definition) is 7. The summed E-state index contributed by atoms with van der Waals surface area (Å²) in [6.07, 6.45) is 1.42. The van der Waals surface area contributed by atoms with Gasteiger partial charge in [0.25, 0.3) is 11.2 Å². The molecule has 180 valence electrons. The summed E-state index contributed by atoms with van der Waals surface area (Å²) < 4.78 is 4.04. The van der Waals surface area contributed by atoms with Gasteiger partial charge in [0.05, 0.1) is 17.7 Å².